The van der Waals surface area contributed by atoms with Crippen LogP contribution in [-0.4, -0.2) is 11.1 Å². The summed E-state index contributed by atoms with van der Waals surface area (Å²) in [4.78, 5) is 10.2. The highest BCUT2D eigenvalue weighted by molar-refractivity contribution is 9.10. The molecule has 0 aliphatic carbocycles. The molecular weight excluding hydrogens is 277 g/mol. The van der Waals surface area contributed by atoms with Gasteiger partial charge in [-0.3, -0.25) is 4.79 Å². The maximum absolute atomic E-state index is 13.1. The normalized spacial score (nSPS) is 10.4. The van der Waals surface area contributed by atoms with Crippen LogP contribution < -0.4 is 0 Å². The zero-order chi connectivity index (χ0) is 11.6. The lowest BCUT2D eigenvalue weighted by Crippen LogP contribution is -2.03. The molecule has 0 amide bonds. The van der Waals surface area contributed by atoms with E-state index in [0.717, 1.165) is 6.07 Å². The van der Waals surface area contributed by atoms with Gasteiger partial charge in [0.05, 0.1) is 4.47 Å². The van der Waals surface area contributed by atoms with Gasteiger partial charge in [-0.1, -0.05) is 0 Å². The fourth-order valence-electron chi connectivity index (χ4n) is 1.05. The second kappa shape index (κ2) is 4.65. The molecule has 6 heteroatoms. The average molecular weight is 283 g/mol. The smallest absolute Gasteiger partial charge is 0.303 e. The number of halogens is 4. The van der Waals surface area contributed by atoms with E-state index in [9.17, 15) is 18.0 Å². The molecule has 1 aromatic rings. The molecular formula is C9H6BrF3O2. The first-order valence-electron chi connectivity index (χ1n) is 3.97. The van der Waals surface area contributed by atoms with Gasteiger partial charge in [-0.15, -0.1) is 0 Å². The lowest BCUT2D eigenvalue weighted by molar-refractivity contribution is -0.136. The van der Waals surface area contributed by atoms with Crippen molar-refractivity contribution in [2.24, 2.45) is 0 Å². The first-order chi connectivity index (χ1) is 6.93. The van der Waals surface area contributed by atoms with E-state index in [0.29, 0.717) is 0 Å². The summed E-state index contributed by atoms with van der Waals surface area (Å²) in [6.45, 7) is 0. The fourth-order valence-corrected chi connectivity index (χ4v) is 1.50. The quantitative estimate of drug-likeness (QED) is 0.684. The highest BCUT2D eigenvalue weighted by atomic mass is 79.9. The average Bonchev–Trinajstić information content (AvgIpc) is 2.18. The number of carboxylic acids is 1. The Morgan fingerprint density at radius 3 is 2.40 bits per heavy atom. The van der Waals surface area contributed by atoms with Gasteiger partial charge in [-0.25, -0.2) is 13.2 Å². The van der Waals surface area contributed by atoms with Crippen molar-refractivity contribution in [3.05, 3.63) is 33.6 Å². The van der Waals surface area contributed by atoms with E-state index in [-0.39, 0.29) is 22.9 Å². The number of hydrogen-bond acceptors (Lipinski definition) is 1. The maximum Gasteiger partial charge on any atom is 0.303 e. The molecule has 0 unspecified atom stereocenters. The summed E-state index contributed by atoms with van der Waals surface area (Å²) in [6, 6.07) is 1.04. The number of carboxylic acid groups (broad SMARTS) is 1. The monoisotopic (exact) mass is 282 g/mol. The lowest BCUT2D eigenvalue weighted by atomic mass is 10.1. The molecule has 15 heavy (non-hydrogen) atoms. The van der Waals surface area contributed by atoms with Crippen LogP contribution >= 0.6 is 15.9 Å². The topological polar surface area (TPSA) is 37.3 Å². The molecule has 1 aromatic carbocycles. The van der Waals surface area contributed by atoms with Crippen LogP contribution in [-0.2, 0) is 11.2 Å². The van der Waals surface area contributed by atoms with Crippen molar-refractivity contribution in [3.8, 4) is 0 Å². The molecule has 0 saturated heterocycles. The first kappa shape index (κ1) is 12.0. The van der Waals surface area contributed by atoms with Crippen LogP contribution in [0.15, 0.2) is 10.5 Å². The van der Waals surface area contributed by atoms with Gasteiger partial charge >= 0.3 is 5.97 Å². The highest BCUT2D eigenvalue weighted by Gasteiger charge is 2.17. The number of hydrogen-bond donors (Lipinski definition) is 1. The predicted molar refractivity (Wildman–Crippen MR) is 50.0 cm³/mol. The number of aliphatic carboxylic acids is 1. The van der Waals surface area contributed by atoms with Crippen molar-refractivity contribution in [2.75, 3.05) is 0 Å². The summed E-state index contributed by atoms with van der Waals surface area (Å²) in [5.41, 5.74) is -0.164. The van der Waals surface area contributed by atoms with E-state index >= 15 is 0 Å². The van der Waals surface area contributed by atoms with E-state index in [1.54, 1.807) is 0 Å². The standard InChI is InChI=1S/C9H6BrF3O2/c10-5-3-4(1-2-6(14)15)7(11)9(13)8(5)12/h3H,1-2H2,(H,14,15). The van der Waals surface area contributed by atoms with Crippen molar-refractivity contribution in [3.63, 3.8) is 0 Å². The minimum Gasteiger partial charge on any atom is -0.481 e. The minimum absolute atomic E-state index is 0.164. The van der Waals surface area contributed by atoms with E-state index in [1.165, 1.54) is 0 Å². The van der Waals surface area contributed by atoms with Gasteiger partial charge < -0.3 is 5.11 Å². The van der Waals surface area contributed by atoms with Crippen molar-refractivity contribution >= 4 is 21.9 Å². The minimum atomic E-state index is -1.59. The Morgan fingerprint density at radius 1 is 1.27 bits per heavy atom. The summed E-state index contributed by atoms with van der Waals surface area (Å²) in [6.07, 6.45) is -0.522. The molecule has 0 aliphatic heterocycles. The van der Waals surface area contributed by atoms with Crippen LogP contribution in [0.5, 0.6) is 0 Å². The summed E-state index contributed by atoms with van der Waals surface area (Å²) < 4.78 is 38.5. The van der Waals surface area contributed by atoms with E-state index in [2.05, 4.69) is 15.9 Å². The maximum atomic E-state index is 13.1. The SMILES string of the molecule is O=C(O)CCc1cc(Br)c(F)c(F)c1F. The van der Waals surface area contributed by atoms with Crippen LogP contribution in [0.2, 0.25) is 0 Å². The number of carbonyl (C=O) groups is 1. The second-order valence-corrected chi connectivity index (χ2v) is 3.71. The van der Waals surface area contributed by atoms with Gasteiger partial charge in [0, 0.05) is 6.42 Å². The van der Waals surface area contributed by atoms with Crippen LogP contribution in [0.1, 0.15) is 12.0 Å². The summed E-state index contributed by atoms with van der Waals surface area (Å²) >= 11 is 2.71. The van der Waals surface area contributed by atoms with Crippen molar-refractivity contribution in [2.45, 2.75) is 12.8 Å². The second-order valence-electron chi connectivity index (χ2n) is 2.85. The van der Waals surface area contributed by atoms with Gasteiger partial charge in [0.15, 0.2) is 17.5 Å². The van der Waals surface area contributed by atoms with Crippen LogP contribution in [0.3, 0.4) is 0 Å². The molecule has 82 valence electrons. The number of benzene rings is 1. The Kier molecular flexibility index (Phi) is 3.73. The summed E-state index contributed by atoms with van der Waals surface area (Å²) in [7, 11) is 0. The van der Waals surface area contributed by atoms with Crippen molar-refractivity contribution in [1.29, 1.82) is 0 Å². The van der Waals surface area contributed by atoms with Gasteiger partial charge in [0.1, 0.15) is 0 Å². The molecule has 0 aliphatic rings. The molecule has 0 radical (unpaired) electrons. The van der Waals surface area contributed by atoms with Crippen molar-refractivity contribution < 1.29 is 23.1 Å². The Balaban J connectivity index is 3.04. The Labute approximate surface area is 91.8 Å². The fraction of sp³-hybridized carbons (Fsp3) is 0.222. The first-order valence-corrected chi connectivity index (χ1v) is 4.76. The van der Waals surface area contributed by atoms with E-state index < -0.39 is 23.4 Å². The third-order valence-electron chi connectivity index (χ3n) is 1.79. The van der Waals surface area contributed by atoms with Gasteiger partial charge in [0.2, 0.25) is 0 Å². The molecule has 0 saturated carbocycles. The Morgan fingerprint density at radius 2 is 1.87 bits per heavy atom. The Bertz CT molecular complexity index is 407. The largest absolute Gasteiger partial charge is 0.481 e. The van der Waals surface area contributed by atoms with E-state index in [1.807, 2.05) is 0 Å². The predicted octanol–water partition coefficient (Wildman–Crippen LogP) is 2.88. The van der Waals surface area contributed by atoms with Gasteiger partial charge in [0.25, 0.3) is 0 Å². The van der Waals surface area contributed by atoms with Crippen LogP contribution in [0.25, 0.3) is 0 Å². The molecule has 0 spiro atoms. The van der Waals surface area contributed by atoms with Gasteiger partial charge in [-0.2, -0.15) is 0 Å². The molecule has 0 fully saturated rings. The third kappa shape index (κ3) is 2.71. The van der Waals surface area contributed by atoms with Crippen LogP contribution in [0.4, 0.5) is 13.2 Å². The molecule has 0 aromatic heterocycles. The van der Waals surface area contributed by atoms with Gasteiger partial charge in [-0.05, 0) is 34.0 Å². The third-order valence-corrected chi connectivity index (χ3v) is 2.36. The molecule has 0 heterocycles. The summed E-state index contributed by atoms with van der Waals surface area (Å²) in [5, 5.41) is 8.36. The molecule has 1 rings (SSSR count). The van der Waals surface area contributed by atoms with Crippen molar-refractivity contribution in [1.82, 2.24) is 0 Å². The van der Waals surface area contributed by atoms with Crippen LogP contribution in [0, 0.1) is 17.5 Å². The highest BCUT2D eigenvalue weighted by Crippen LogP contribution is 2.24. The molecule has 1 N–H and O–H groups in total. The molecule has 0 bridgehead atoms. The van der Waals surface area contributed by atoms with E-state index in [4.69, 9.17) is 5.11 Å². The summed E-state index contributed by atoms with van der Waals surface area (Å²) in [5.74, 6) is -5.37. The molecule has 2 nitrogen and oxygen atoms in total. The lowest BCUT2D eigenvalue weighted by Gasteiger charge is -2.04. The zero-order valence-electron chi connectivity index (χ0n) is 7.36. The number of aryl methyl sites for hydroxylation is 1. The zero-order valence-corrected chi connectivity index (χ0v) is 8.94. The molecule has 0 atom stereocenters. The Hall–Kier alpha value is -1.04. The number of rotatable bonds is 3.